The summed E-state index contributed by atoms with van der Waals surface area (Å²) in [5.74, 6) is -3.80. The third-order valence-electron chi connectivity index (χ3n) is 2.36. The molecule has 0 aliphatic heterocycles. The number of hydrogen-bond donors (Lipinski definition) is 2. The highest BCUT2D eigenvalue weighted by Crippen LogP contribution is 2.38. The zero-order valence-electron chi connectivity index (χ0n) is 9.87. The summed E-state index contributed by atoms with van der Waals surface area (Å²) in [6.45, 7) is 0. The van der Waals surface area contributed by atoms with E-state index in [9.17, 15) is 13.6 Å². The maximum absolute atomic E-state index is 13.7. The molecule has 18 heavy (non-hydrogen) atoms. The molecule has 0 spiro atoms. The molecule has 1 atom stereocenters. The smallest absolute Gasteiger partial charge is 0.305 e. The van der Waals surface area contributed by atoms with Crippen LogP contribution < -0.4 is 15.2 Å². The van der Waals surface area contributed by atoms with E-state index in [1.165, 1.54) is 14.2 Å². The van der Waals surface area contributed by atoms with Gasteiger partial charge in [0.25, 0.3) is 0 Å². The molecule has 100 valence electrons. The maximum Gasteiger partial charge on any atom is 0.305 e. The molecule has 3 N–H and O–H groups in total. The number of ether oxygens (including phenoxy) is 2. The Morgan fingerprint density at radius 3 is 2.50 bits per heavy atom. The first kappa shape index (κ1) is 14.2. The van der Waals surface area contributed by atoms with Crippen molar-refractivity contribution in [3.8, 4) is 11.5 Å². The molecule has 0 fully saturated rings. The monoisotopic (exact) mass is 261 g/mol. The average Bonchev–Trinajstić information content (AvgIpc) is 2.30. The zero-order chi connectivity index (χ0) is 13.9. The van der Waals surface area contributed by atoms with Crippen molar-refractivity contribution in [1.82, 2.24) is 0 Å². The Morgan fingerprint density at radius 1 is 1.44 bits per heavy atom. The van der Waals surface area contributed by atoms with Crippen LogP contribution in [0, 0.1) is 11.6 Å². The molecule has 1 unspecified atom stereocenters. The Bertz CT molecular complexity index is 465. The van der Waals surface area contributed by atoms with E-state index in [0.717, 1.165) is 6.07 Å². The van der Waals surface area contributed by atoms with E-state index in [4.69, 9.17) is 20.3 Å². The number of carboxylic acids is 1. The maximum atomic E-state index is 13.7. The zero-order valence-corrected chi connectivity index (χ0v) is 9.87. The van der Waals surface area contributed by atoms with Gasteiger partial charge in [-0.25, -0.2) is 8.78 Å². The van der Waals surface area contributed by atoms with E-state index in [2.05, 4.69) is 0 Å². The van der Waals surface area contributed by atoms with Crippen molar-refractivity contribution in [1.29, 1.82) is 0 Å². The fourth-order valence-corrected chi connectivity index (χ4v) is 1.59. The summed E-state index contributed by atoms with van der Waals surface area (Å²) in [5, 5.41) is 8.63. The highest BCUT2D eigenvalue weighted by molar-refractivity contribution is 5.68. The van der Waals surface area contributed by atoms with Crippen LogP contribution in [0.4, 0.5) is 8.78 Å². The number of hydrogen-bond acceptors (Lipinski definition) is 4. The number of aliphatic carboxylic acids is 1. The van der Waals surface area contributed by atoms with E-state index < -0.39 is 30.1 Å². The van der Waals surface area contributed by atoms with Crippen molar-refractivity contribution in [2.24, 2.45) is 5.73 Å². The van der Waals surface area contributed by atoms with Crippen LogP contribution in [0.3, 0.4) is 0 Å². The average molecular weight is 261 g/mol. The Labute approximate surface area is 102 Å². The molecular weight excluding hydrogens is 248 g/mol. The largest absolute Gasteiger partial charge is 0.493 e. The van der Waals surface area contributed by atoms with E-state index in [1.54, 1.807) is 0 Å². The van der Waals surface area contributed by atoms with Crippen molar-refractivity contribution < 1.29 is 28.2 Å². The first-order chi connectivity index (χ1) is 8.42. The molecule has 0 bridgehead atoms. The second-order valence-electron chi connectivity index (χ2n) is 3.53. The standard InChI is InChI=1S/C11H13F2NO4/c1-17-7-3-5(12)10(13)9(11(7)18-2)6(14)4-8(15)16/h3,6H,4,14H2,1-2H3,(H,15,16). The number of benzene rings is 1. The molecule has 7 heteroatoms. The van der Waals surface area contributed by atoms with Crippen molar-refractivity contribution in [3.63, 3.8) is 0 Å². The summed E-state index contributed by atoms with van der Waals surface area (Å²) in [5.41, 5.74) is 5.19. The van der Waals surface area contributed by atoms with Crippen LogP contribution in [0.2, 0.25) is 0 Å². The molecular formula is C11H13F2NO4. The van der Waals surface area contributed by atoms with Gasteiger partial charge in [0.05, 0.1) is 26.2 Å². The van der Waals surface area contributed by atoms with Gasteiger partial charge in [-0.1, -0.05) is 0 Å². The van der Waals surface area contributed by atoms with Gasteiger partial charge in [0.1, 0.15) is 0 Å². The predicted octanol–water partition coefficient (Wildman–Crippen LogP) is 1.46. The minimum atomic E-state index is -1.23. The Balaban J connectivity index is 3.38. The van der Waals surface area contributed by atoms with E-state index in [0.29, 0.717) is 0 Å². The van der Waals surface area contributed by atoms with Crippen LogP contribution in [0.25, 0.3) is 0 Å². The summed E-state index contributed by atoms with van der Waals surface area (Å²) in [6, 6.07) is -0.424. The Morgan fingerprint density at radius 2 is 2.06 bits per heavy atom. The Hall–Kier alpha value is -1.89. The summed E-state index contributed by atoms with van der Waals surface area (Å²) >= 11 is 0. The van der Waals surface area contributed by atoms with Gasteiger partial charge in [0.2, 0.25) is 0 Å². The van der Waals surface area contributed by atoms with Crippen molar-refractivity contribution in [2.45, 2.75) is 12.5 Å². The lowest BCUT2D eigenvalue weighted by atomic mass is 10.0. The van der Waals surface area contributed by atoms with Crippen LogP contribution >= 0.6 is 0 Å². The van der Waals surface area contributed by atoms with Gasteiger partial charge >= 0.3 is 5.97 Å². The molecule has 0 aliphatic rings. The lowest BCUT2D eigenvalue weighted by Crippen LogP contribution is -2.18. The molecule has 0 radical (unpaired) electrons. The summed E-state index contributed by atoms with van der Waals surface area (Å²) in [6.07, 6.45) is -0.556. The van der Waals surface area contributed by atoms with E-state index in [-0.39, 0.29) is 17.1 Å². The fourth-order valence-electron chi connectivity index (χ4n) is 1.59. The summed E-state index contributed by atoms with van der Waals surface area (Å²) in [4.78, 5) is 10.6. The minimum absolute atomic E-state index is 0.0489. The van der Waals surface area contributed by atoms with Gasteiger partial charge in [-0.2, -0.15) is 0 Å². The van der Waals surface area contributed by atoms with Crippen LogP contribution in [0.5, 0.6) is 11.5 Å². The molecule has 1 aromatic rings. The highest BCUT2D eigenvalue weighted by atomic mass is 19.2. The second kappa shape index (κ2) is 5.63. The first-order valence-corrected chi connectivity index (χ1v) is 4.99. The molecule has 0 aromatic heterocycles. The van der Waals surface area contributed by atoms with Crippen molar-refractivity contribution in [3.05, 3.63) is 23.3 Å². The van der Waals surface area contributed by atoms with Crippen LogP contribution in [0.1, 0.15) is 18.0 Å². The van der Waals surface area contributed by atoms with Gasteiger partial charge in [0.15, 0.2) is 23.1 Å². The SMILES string of the molecule is COc1cc(F)c(F)c(C(N)CC(=O)O)c1OC. The van der Waals surface area contributed by atoms with Crippen LogP contribution in [-0.4, -0.2) is 25.3 Å². The minimum Gasteiger partial charge on any atom is -0.493 e. The third kappa shape index (κ3) is 2.67. The molecule has 0 aliphatic carbocycles. The van der Waals surface area contributed by atoms with Gasteiger partial charge < -0.3 is 20.3 Å². The highest BCUT2D eigenvalue weighted by Gasteiger charge is 2.26. The van der Waals surface area contributed by atoms with Crippen LogP contribution in [0.15, 0.2) is 6.07 Å². The number of carboxylic acid groups (broad SMARTS) is 1. The molecule has 5 nitrogen and oxygen atoms in total. The number of nitrogens with two attached hydrogens (primary N) is 1. The molecule has 0 heterocycles. The normalized spacial score (nSPS) is 12.1. The summed E-state index contributed by atoms with van der Waals surface area (Å²) in [7, 11) is 2.48. The van der Waals surface area contributed by atoms with Crippen molar-refractivity contribution >= 4 is 5.97 Å². The topological polar surface area (TPSA) is 81.8 Å². The lowest BCUT2D eigenvalue weighted by molar-refractivity contribution is -0.137. The number of methoxy groups -OCH3 is 2. The van der Waals surface area contributed by atoms with Gasteiger partial charge in [0, 0.05) is 12.1 Å². The molecule has 0 saturated heterocycles. The van der Waals surface area contributed by atoms with E-state index in [1.807, 2.05) is 0 Å². The third-order valence-corrected chi connectivity index (χ3v) is 2.36. The lowest BCUT2D eigenvalue weighted by Gasteiger charge is -2.18. The summed E-state index contributed by atoms with van der Waals surface area (Å²) < 4.78 is 36.7. The molecule has 0 amide bonds. The van der Waals surface area contributed by atoms with Gasteiger partial charge in [-0.05, 0) is 0 Å². The molecule has 0 saturated carbocycles. The quantitative estimate of drug-likeness (QED) is 0.838. The molecule has 1 aromatic carbocycles. The number of halogens is 2. The first-order valence-electron chi connectivity index (χ1n) is 4.99. The number of rotatable bonds is 5. The van der Waals surface area contributed by atoms with Crippen molar-refractivity contribution in [2.75, 3.05) is 14.2 Å². The fraction of sp³-hybridized carbons (Fsp3) is 0.364. The van der Waals surface area contributed by atoms with Gasteiger partial charge in [-0.3, -0.25) is 4.79 Å². The number of carbonyl (C=O) groups is 1. The van der Waals surface area contributed by atoms with Crippen LogP contribution in [-0.2, 0) is 4.79 Å². The predicted molar refractivity (Wildman–Crippen MR) is 58.6 cm³/mol. The molecule has 1 rings (SSSR count). The second-order valence-corrected chi connectivity index (χ2v) is 3.53. The Kier molecular flexibility index (Phi) is 4.43. The van der Waals surface area contributed by atoms with E-state index >= 15 is 0 Å². The van der Waals surface area contributed by atoms with Gasteiger partial charge in [-0.15, -0.1) is 0 Å².